The predicted octanol–water partition coefficient (Wildman–Crippen LogP) is 4.59. The fourth-order valence-electron chi connectivity index (χ4n) is 2.24. The molecule has 0 amide bonds. The van der Waals surface area contributed by atoms with Crippen molar-refractivity contribution in [2.24, 2.45) is 0 Å². The fourth-order valence-corrected chi connectivity index (χ4v) is 2.58. The van der Waals surface area contributed by atoms with E-state index >= 15 is 0 Å². The van der Waals surface area contributed by atoms with Crippen LogP contribution in [0.5, 0.6) is 0 Å². The smallest absolute Gasteiger partial charge is 0.358 e. The first-order chi connectivity index (χ1) is 13.0. The zero-order valence-corrected chi connectivity index (χ0v) is 15.5. The van der Waals surface area contributed by atoms with Gasteiger partial charge in [-0.25, -0.2) is 19.2 Å². The average Bonchev–Trinajstić information content (AvgIpc) is 2.69. The number of anilines is 1. The zero-order chi connectivity index (χ0) is 19.4. The SMILES string of the molecule is COC(=O)c1nc(-c2ccc(Cl)c(F)c2)nc(NCC2=CC=C=C=C2)c1Cl. The number of rotatable bonds is 5. The molecule has 1 heterocycles. The number of benzene rings is 1. The third-order valence-corrected chi connectivity index (χ3v) is 4.25. The maximum absolute atomic E-state index is 13.8. The Morgan fingerprint density at radius 3 is 2.78 bits per heavy atom. The Kier molecular flexibility index (Phi) is 5.75. The monoisotopic (exact) mass is 403 g/mol. The molecule has 1 aliphatic rings. The van der Waals surface area contributed by atoms with Crippen molar-refractivity contribution in [1.29, 1.82) is 0 Å². The van der Waals surface area contributed by atoms with Crippen LogP contribution in [-0.2, 0) is 4.74 Å². The Morgan fingerprint density at radius 2 is 2.11 bits per heavy atom. The second-order valence-electron chi connectivity index (χ2n) is 5.37. The molecule has 0 bridgehead atoms. The maximum atomic E-state index is 13.8. The Bertz CT molecular complexity index is 1050. The number of methoxy groups -OCH3 is 1. The lowest BCUT2D eigenvalue weighted by Crippen LogP contribution is -2.13. The molecule has 3 rings (SSSR count). The van der Waals surface area contributed by atoms with Gasteiger partial charge in [0.1, 0.15) is 16.7 Å². The van der Waals surface area contributed by atoms with Crippen LogP contribution in [-0.4, -0.2) is 29.6 Å². The number of carbonyl (C=O) groups excluding carboxylic acids is 1. The lowest BCUT2D eigenvalue weighted by molar-refractivity contribution is 0.0594. The molecule has 0 fully saturated rings. The molecular weight excluding hydrogens is 392 g/mol. The van der Waals surface area contributed by atoms with Crippen LogP contribution in [0.15, 0.2) is 53.5 Å². The van der Waals surface area contributed by atoms with E-state index in [1.54, 1.807) is 18.2 Å². The van der Waals surface area contributed by atoms with Crippen molar-refractivity contribution in [2.45, 2.75) is 0 Å². The molecule has 2 aromatic rings. The largest absolute Gasteiger partial charge is 0.464 e. The number of aromatic nitrogens is 2. The molecule has 1 aromatic carbocycles. The van der Waals surface area contributed by atoms with Gasteiger partial charge in [-0.05, 0) is 42.0 Å². The highest BCUT2D eigenvalue weighted by molar-refractivity contribution is 6.35. The van der Waals surface area contributed by atoms with Gasteiger partial charge in [0.2, 0.25) is 0 Å². The number of nitrogens with one attached hydrogen (secondary N) is 1. The van der Waals surface area contributed by atoms with Crippen molar-refractivity contribution in [2.75, 3.05) is 19.0 Å². The van der Waals surface area contributed by atoms with E-state index in [1.165, 1.54) is 19.2 Å². The van der Waals surface area contributed by atoms with Gasteiger partial charge < -0.3 is 10.1 Å². The molecule has 0 unspecified atom stereocenters. The van der Waals surface area contributed by atoms with Crippen molar-refractivity contribution in [3.8, 4) is 11.4 Å². The van der Waals surface area contributed by atoms with E-state index in [2.05, 4.69) is 26.7 Å². The molecule has 0 radical (unpaired) electrons. The highest BCUT2D eigenvalue weighted by Crippen LogP contribution is 2.29. The van der Waals surface area contributed by atoms with Crippen molar-refractivity contribution in [1.82, 2.24) is 9.97 Å². The van der Waals surface area contributed by atoms with E-state index in [1.807, 2.05) is 6.08 Å². The molecule has 0 aliphatic heterocycles. The second kappa shape index (κ2) is 8.21. The predicted molar refractivity (Wildman–Crippen MR) is 102 cm³/mol. The lowest BCUT2D eigenvalue weighted by Gasteiger charge is -2.12. The van der Waals surface area contributed by atoms with Crippen LogP contribution >= 0.6 is 23.2 Å². The highest BCUT2D eigenvalue weighted by atomic mass is 35.5. The van der Waals surface area contributed by atoms with Gasteiger partial charge in [0.15, 0.2) is 11.5 Å². The number of esters is 1. The van der Waals surface area contributed by atoms with Crippen LogP contribution in [0.2, 0.25) is 10.0 Å². The van der Waals surface area contributed by atoms with Gasteiger partial charge in [-0.3, -0.25) is 0 Å². The normalized spacial score (nSPS) is 12.1. The van der Waals surface area contributed by atoms with E-state index in [9.17, 15) is 9.18 Å². The number of halogens is 3. The molecular formula is C19H12Cl2FN3O2. The second-order valence-corrected chi connectivity index (χ2v) is 6.16. The summed E-state index contributed by atoms with van der Waals surface area (Å²) in [5.41, 5.74) is 6.76. The number of allylic oxidation sites excluding steroid dienone is 2. The summed E-state index contributed by atoms with van der Waals surface area (Å²) >= 11 is 12.0. The minimum atomic E-state index is -0.733. The van der Waals surface area contributed by atoms with Crippen molar-refractivity contribution in [3.05, 3.63) is 75.0 Å². The summed E-state index contributed by atoms with van der Waals surface area (Å²) in [5.74, 6) is -1.04. The number of carbonyl (C=O) groups is 1. The van der Waals surface area contributed by atoms with Gasteiger partial charge in [0.05, 0.1) is 12.1 Å². The standard InChI is InChI=1S/C19H12Cl2FN3O2/c1-27-19(26)16-15(21)18(23-10-11-5-3-2-4-6-11)25-17(24-16)12-7-8-13(20)14(22)9-12/h3,5-9H,10H2,1H3,(H,23,24,25). The summed E-state index contributed by atoms with van der Waals surface area (Å²) in [6, 6.07) is 4.10. The summed E-state index contributed by atoms with van der Waals surface area (Å²) < 4.78 is 18.5. The van der Waals surface area contributed by atoms with Gasteiger partial charge in [-0.15, -0.1) is 0 Å². The first kappa shape index (κ1) is 18.9. The molecule has 27 heavy (non-hydrogen) atoms. The van der Waals surface area contributed by atoms with Crippen molar-refractivity contribution in [3.63, 3.8) is 0 Å². The number of hydrogen-bond acceptors (Lipinski definition) is 5. The molecule has 0 atom stereocenters. The summed E-state index contributed by atoms with van der Waals surface area (Å²) in [4.78, 5) is 20.5. The van der Waals surface area contributed by atoms with Gasteiger partial charge in [-0.2, -0.15) is 0 Å². The van der Waals surface area contributed by atoms with Crippen LogP contribution in [0.4, 0.5) is 10.2 Å². The van der Waals surface area contributed by atoms with Crippen LogP contribution in [0, 0.1) is 5.82 Å². The van der Waals surface area contributed by atoms with Gasteiger partial charge in [-0.1, -0.05) is 34.7 Å². The van der Waals surface area contributed by atoms with E-state index in [4.69, 9.17) is 27.9 Å². The molecule has 0 saturated heterocycles. The minimum absolute atomic E-state index is 0.00603. The van der Waals surface area contributed by atoms with Crippen molar-refractivity contribution < 1.29 is 13.9 Å². The zero-order valence-electron chi connectivity index (χ0n) is 14.0. The molecule has 136 valence electrons. The van der Waals surface area contributed by atoms with E-state index < -0.39 is 11.8 Å². The average molecular weight is 404 g/mol. The summed E-state index contributed by atoms with van der Waals surface area (Å²) in [5, 5.41) is 3.02. The van der Waals surface area contributed by atoms with Gasteiger partial charge in [0.25, 0.3) is 0 Å². The summed E-state index contributed by atoms with van der Waals surface area (Å²) in [6.07, 6.45) is 5.31. The molecule has 1 aromatic heterocycles. The molecule has 5 nitrogen and oxygen atoms in total. The van der Waals surface area contributed by atoms with Crippen LogP contribution in [0.3, 0.4) is 0 Å². The lowest BCUT2D eigenvalue weighted by atomic mass is 10.2. The number of ether oxygens (including phenoxy) is 1. The third-order valence-electron chi connectivity index (χ3n) is 3.59. The Hall–Kier alpha value is -2.88. The number of hydrogen-bond donors (Lipinski definition) is 1. The third kappa shape index (κ3) is 4.27. The molecule has 8 heteroatoms. The fraction of sp³-hybridized carbons (Fsp3) is 0.105. The van der Waals surface area contributed by atoms with E-state index in [0.717, 1.165) is 5.57 Å². The Labute approximate surface area is 164 Å². The van der Waals surface area contributed by atoms with E-state index in [-0.39, 0.29) is 27.4 Å². The first-order valence-electron chi connectivity index (χ1n) is 7.71. The quantitative estimate of drug-likeness (QED) is 0.583. The molecule has 0 saturated carbocycles. The van der Waals surface area contributed by atoms with Crippen LogP contribution in [0.25, 0.3) is 11.4 Å². The minimum Gasteiger partial charge on any atom is -0.464 e. The van der Waals surface area contributed by atoms with Crippen LogP contribution < -0.4 is 5.32 Å². The molecule has 1 aliphatic carbocycles. The number of nitrogens with zero attached hydrogens (tertiary/aromatic N) is 2. The maximum Gasteiger partial charge on any atom is 0.358 e. The van der Waals surface area contributed by atoms with Crippen molar-refractivity contribution >= 4 is 35.0 Å². The Balaban J connectivity index is 2.01. The summed E-state index contributed by atoms with van der Waals surface area (Å²) in [7, 11) is 1.21. The first-order valence-corrected chi connectivity index (χ1v) is 8.47. The molecule has 1 N–H and O–H groups in total. The topological polar surface area (TPSA) is 64.1 Å². The van der Waals surface area contributed by atoms with E-state index in [0.29, 0.717) is 12.1 Å². The Morgan fingerprint density at radius 1 is 1.30 bits per heavy atom. The highest BCUT2D eigenvalue weighted by Gasteiger charge is 2.20. The molecule has 0 spiro atoms. The van der Waals surface area contributed by atoms with Gasteiger partial charge >= 0.3 is 5.97 Å². The summed E-state index contributed by atoms with van der Waals surface area (Å²) in [6.45, 7) is 0.372. The van der Waals surface area contributed by atoms with Crippen LogP contribution in [0.1, 0.15) is 10.5 Å². The van der Waals surface area contributed by atoms with Gasteiger partial charge in [0, 0.05) is 12.1 Å².